The Morgan fingerprint density at radius 2 is 1.95 bits per heavy atom. The molecule has 0 unspecified atom stereocenters. The number of rotatable bonds is 2. The molecule has 0 fully saturated rings. The minimum atomic E-state index is 0.568. The zero-order valence-electron chi connectivity index (χ0n) is 11.1. The van der Waals surface area contributed by atoms with Crippen molar-refractivity contribution in [3.05, 3.63) is 47.6 Å². The molecule has 0 bridgehead atoms. The number of hydrogen-bond acceptors (Lipinski definition) is 4. The molecule has 0 amide bonds. The van der Waals surface area contributed by atoms with Crippen molar-refractivity contribution in [2.24, 2.45) is 0 Å². The van der Waals surface area contributed by atoms with Crippen LogP contribution >= 0.6 is 0 Å². The van der Waals surface area contributed by atoms with Crippen LogP contribution in [0.3, 0.4) is 0 Å². The SMILES string of the molecule is Cc1cc(C)n(-c2ccnc(-c3ccc(C)o3)n2)n1. The fourth-order valence-electron chi connectivity index (χ4n) is 2.00. The highest BCUT2D eigenvalue weighted by Gasteiger charge is 2.10. The van der Waals surface area contributed by atoms with Crippen LogP contribution in [0.2, 0.25) is 0 Å². The monoisotopic (exact) mass is 254 g/mol. The second-order valence-electron chi connectivity index (χ2n) is 4.49. The first-order valence-corrected chi connectivity index (χ1v) is 6.07. The van der Waals surface area contributed by atoms with Crippen molar-refractivity contribution in [3.63, 3.8) is 0 Å². The van der Waals surface area contributed by atoms with E-state index in [1.54, 1.807) is 10.9 Å². The second kappa shape index (κ2) is 4.35. The van der Waals surface area contributed by atoms with E-state index in [1.165, 1.54) is 0 Å². The van der Waals surface area contributed by atoms with E-state index in [0.29, 0.717) is 11.6 Å². The molecular formula is C14H14N4O. The summed E-state index contributed by atoms with van der Waals surface area (Å²) >= 11 is 0. The summed E-state index contributed by atoms with van der Waals surface area (Å²) in [6.45, 7) is 5.86. The van der Waals surface area contributed by atoms with Gasteiger partial charge in [0.25, 0.3) is 0 Å². The quantitative estimate of drug-likeness (QED) is 0.705. The summed E-state index contributed by atoms with van der Waals surface area (Å²) in [6, 6.07) is 7.61. The fraction of sp³-hybridized carbons (Fsp3) is 0.214. The Morgan fingerprint density at radius 3 is 2.58 bits per heavy atom. The molecule has 0 aliphatic heterocycles. The third-order valence-corrected chi connectivity index (χ3v) is 2.83. The highest BCUT2D eigenvalue weighted by Crippen LogP contribution is 2.19. The summed E-state index contributed by atoms with van der Waals surface area (Å²) in [5.41, 5.74) is 2.00. The van der Waals surface area contributed by atoms with Gasteiger partial charge in [0, 0.05) is 18.0 Å². The molecule has 0 saturated carbocycles. The van der Waals surface area contributed by atoms with Gasteiger partial charge in [-0.05, 0) is 39.0 Å². The van der Waals surface area contributed by atoms with Crippen LogP contribution in [-0.4, -0.2) is 19.7 Å². The molecule has 3 aromatic rings. The molecule has 0 radical (unpaired) electrons. The van der Waals surface area contributed by atoms with Gasteiger partial charge in [-0.3, -0.25) is 0 Å². The fourth-order valence-corrected chi connectivity index (χ4v) is 2.00. The van der Waals surface area contributed by atoms with Crippen molar-refractivity contribution in [1.82, 2.24) is 19.7 Å². The lowest BCUT2D eigenvalue weighted by Gasteiger charge is -2.04. The standard InChI is InChI=1S/C14H14N4O/c1-9-8-10(2)18(17-9)13-6-7-15-14(16-13)12-5-4-11(3)19-12/h4-8H,1-3H3. The zero-order chi connectivity index (χ0) is 13.4. The van der Waals surface area contributed by atoms with Crippen molar-refractivity contribution < 1.29 is 4.42 Å². The van der Waals surface area contributed by atoms with Crippen LogP contribution in [0, 0.1) is 20.8 Å². The van der Waals surface area contributed by atoms with E-state index >= 15 is 0 Å². The Balaban J connectivity index is 2.07. The summed E-state index contributed by atoms with van der Waals surface area (Å²) in [7, 11) is 0. The van der Waals surface area contributed by atoms with Gasteiger partial charge in [-0.25, -0.2) is 14.6 Å². The second-order valence-corrected chi connectivity index (χ2v) is 4.49. The van der Waals surface area contributed by atoms with Crippen molar-refractivity contribution in [3.8, 4) is 17.4 Å². The lowest BCUT2D eigenvalue weighted by molar-refractivity contribution is 0.543. The van der Waals surface area contributed by atoms with E-state index in [1.807, 2.05) is 45.0 Å². The van der Waals surface area contributed by atoms with Gasteiger partial charge >= 0.3 is 0 Å². The first kappa shape index (κ1) is 11.6. The average molecular weight is 254 g/mol. The Labute approximate surface area is 110 Å². The molecule has 0 saturated heterocycles. The van der Waals surface area contributed by atoms with Crippen LogP contribution in [0.25, 0.3) is 17.4 Å². The summed E-state index contributed by atoms with van der Waals surface area (Å²) in [6.07, 6.45) is 1.71. The lowest BCUT2D eigenvalue weighted by Crippen LogP contribution is -2.03. The van der Waals surface area contributed by atoms with Gasteiger partial charge in [0.1, 0.15) is 5.76 Å². The summed E-state index contributed by atoms with van der Waals surface area (Å²) in [5, 5.41) is 4.42. The van der Waals surface area contributed by atoms with Crippen molar-refractivity contribution >= 4 is 0 Å². The van der Waals surface area contributed by atoms with Crippen molar-refractivity contribution in [2.75, 3.05) is 0 Å². The molecule has 3 rings (SSSR count). The van der Waals surface area contributed by atoms with Gasteiger partial charge in [-0.1, -0.05) is 0 Å². The number of nitrogens with zero attached hydrogens (tertiary/aromatic N) is 4. The minimum absolute atomic E-state index is 0.568. The third kappa shape index (κ3) is 2.14. The number of aryl methyl sites for hydroxylation is 3. The Hall–Kier alpha value is -2.43. The van der Waals surface area contributed by atoms with Gasteiger partial charge in [0.05, 0.1) is 5.69 Å². The molecule has 19 heavy (non-hydrogen) atoms. The smallest absolute Gasteiger partial charge is 0.197 e. The summed E-state index contributed by atoms with van der Waals surface area (Å²) < 4.78 is 7.34. The lowest BCUT2D eigenvalue weighted by atomic mass is 10.4. The van der Waals surface area contributed by atoms with Crippen LogP contribution in [-0.2, 0) is 0 Å². The summed E-state index contributed by atoms with van der Waals surface area (Å²) in [5.74, 6) is 2.82. The molecular weight excluding hydrogens is 240 g/mol. The molecule has 3 aromatic heterocycles. The third-order valence-electron chi connectivity index (χ3n) is 2.83. The normalized spacial score (nSPS) is 10.9. The van der Waals surface area contributed by atoms with Gasteiger partial charge in [-0.15, -0.1) is 0 Å². The first-order valence-electron chi connectivity index (χ1n) is 6.07. The molecule has 96 valence electrons. The molecule has 0 atom stereocenters. The van der Waals surface area contributed by atoms with Gasteiger partial charge in [0.2, 0.25) is 0 Å². The minimum Gasteiger partial charge on any atom is -0.458 e. The molecule has 0 aromatic carbocycles. The maximum absolute atomic E-state index is 5.54. The number of hydrogen-bond donors (Lipinski definition) is 0. The molecule has 3 heterocycles. The van der Waals surface area contributed by atoms with Crippen LogP contribution in [0.15, 0.2) is 34.9 Å². The molecule has 0 aliphatic carbocycles. The molecule has 5 nitrogen and oxygen atoms in total. The van der Waals surface area contributed by atoms with E-state index in [-0.39, 0.29) is 0 Å². The van der Waals surface area contributed by atoms with Crippen LogP contribution < -0.4 is 0 Å². The van der Waals surface area contributed by atoms with Crippen LogP contribution in [0.5, 0.6) is 0 Å². The van der Waals surface area contributed by atoms with E-state index in [4.69, 9.17) is 4.42 Å². The van der Waals surface area contributed by atoms with E-state index in [2.05, 4.69) is 15.1 Å². The molecule has 5 heteroatoms. The largest absolute Gasteiger partial charge is 0.458 e. The van der Waals surface area contributed by atoms with Crippen LogP contribution in [0.4, 0.5) is 0 Å². The van der Waals surface area contributed by atoms with E-state index in [9.17, 15) is 0 Å². The zero-order valence-corrected chi connectivity index (χ0v) is 11.1. The first-order chi connectivity index (χ1) is 9.13. The van der Waals surface area contributed by atoms with Crippen molar-refractivity contribution in [2.45, 2.75) is 20.8 Å². The van der Waals surface area contributed by atoms with Gasteiger partial charge in [-0.2, -0.15) is 5.10 Å². The maximum Gasteiger partial charge on any atom is 0.197 e. The molecule has 0 N–H and O–H groups in total. The maximum atomic E-state index is 5.54. The van der Waals surface area contributed by atoms with Crippen molar-refractivity contribution in [1.29, 1.82) is 0 Å². The number of aromatic nitrogens is 4. The highest BCUT2D eigenvalue weighted by molar-refractivity contribution is 5.48. The Bertz CT molecular complexity index is 727. The van der Waals surface area contributed by atoms with Crippen LogP contribution in [0.1, 0.15) is 17.1 Å². The van der Waals surface area contributed by atoms with E-state index in [0.717, 1.165) is 23.0 Å². The number of furan rings is 1. The summed E-state index contributed by atoms with van der Waals surface area (Å²) in [4.78, 5) is 8.74. The van der Waals surface area contributed by atoms with Gasteiger partial charge < -0.3 is 4.42 Å². The Morgan fingerprint density at radius 1 is 1.11 bits per heavy atom. The van der Waals surface area contributed by atoms with E-state index < -0.39 is 0 Å². The molecule has 0 spiro atoms. The van der Waals surface area contributed by atoms with Gasteiger partial charge in [0.15, 0.2) is 17.4 Å². The molecule has 0 aliphatic rings. The average Bonchev–Trinajstić information content (AvgIpc) is 2.96. The Kier molecular flexibility index (Phi) is 2.67. The highest BCUT2D eigenvalue weighted by atomic mass is 16.3. The topological polar surface area (TPSA) is 56.7 Å². The predicted molar refractivity (Wildman–Crippen MR) is 71.1 cm³/mol. The predicted octanol–water partition coefficient (Wildman–Crippen LogP) is 2.85.